The summed E-state index contributed by atoms with van der Waals surface area (Å²) in [5.74, 6) is -3.27. The van der Waals surface area contributed by atoms with Crippen molar-refractivity contribution in [2.45, 2.75) is 96.8 Å². The highest BCUT2D eigenvalue weighted by Crippen LogP contribution is 2.12. The highest BCUT2D eigenvalue weighted by Gasteiger charge is 2.33. The largest absolute Gasteiger partial charge is 0.480 e. The van der Waals surface area contributed by atoms with E-state index in [1.54, 1.807) is 0 Å². The maximum atomic E-state index is 13.3. The zero-order chi connectivity index (χ0) is 28.5. The predicted molar refractivity (Wildman–Crippen MR) is 143 cm³/mol. The van der Waals surface area contributed by atoms with Crippen LogP contribution in [0.2, 0.25) is 0 Å². The van der Waals surface area contributed by atoms with Crippen LogP contribution in [0.15, 0.2) is 4.99 Å². The summed E-state index contributed by atoms with van der Waals surface area (Å²) in [7, 11) is 0. The normalized spacial score (nSPS) is 15.8. The maximum Gasteiger partial charge on any atom is 0.326 e. The first-order valence-corrected chi connectivity index (χ1v) is 13.0. The third kappa shape index (κ3) is 13.3. The van der Waals surface area contributed by atoms with Gasteiger partial charge in [0.15, 0.2) is 5.96 Å². The van der Waals surface area contributed by atoms with Crippen molar-refractivity contribution >= 4 is 29.7 Å². The van der Waals surface area contributed by atoms with Crippen LogP contribution in [0, 0.1) is 11.8 Å². The van der Waals surface area contributed by atoms with E-state index in [0.29, 0.717) is 38.6 Å². The molecule has 0 aromatic rings. The predicted octanol–water partition coefficient (Wildman–Crippen LogP) is -0.872. The van der Waals surface area contributed by atoms with E-state index >= 15 is 0 Å². The van der Waals surface area contributed by atoms with Gasteiger partial charge in [0.2, 0.25) is 17.7 Å². The molecule has 6 unspecified atom stereocenters. The van der Waals surface area contributed by atoms with Crippen LogP contribution in [0.5, 0.6) is 0 Å². The lowest BCUT2D eigenvalue weighted by molar-refractivity contribution is -0.142. The van der Waals surface area contributed by atoms with E-state index in [2.05, 4.69) is 20.9 Å². The van der Waals surface area contributed by atoms with Crippen LogP contribution < -0.4 is 38.9 Å². The van der Waals surface area contributed by atoms with Crippen LogP contribution in [0.1, 0.15) is 72.6 Å². The number of nitrogens with one attached hydrogen (secondary N) is 3. The summed E-state index contributed by atoms with van der Waals surface area (Å²) in [4.78, 5) is 54.6. The summed E-state index contributed by atoms with van der Waals surface area (Å²) in [5, 5.41) is 17.5. The van der Waals surface area contributed by atoms with Crippen LogP contribution >= 0.6 is 0 Å². The van der Waals surface area contributed by atoms with Crippen molar-refractivity contribution in [1.29, 1.82) is 0 Å². The van der Waals surface area contributed by atoms with Gasteiger partial charge in [0.1, 0.15) is 18.1 Å². The van der Waals surface area contributed by atoms with Crippen molar-refractivity contribution in [1.82, 2.24) is 16.0 Å². The van der Waals surface area contributed by atoms with Crippen molar-refractivity contribution < 1.29 is 24.3 Å². The topological polar surface area (TPSA) is 241 Å². The minimum Gasteiger partial charge on any atom is -0.480 e. The highest BCUT2D eigenvalue weighted by atomic mass is 16.4. The lowest BCUT2D eigenvalue weighted by Gasteiger charge is -2.28. The van der Waals surface area contributed by atoms with Crippen LogP contribution in [0.3, 0.4) is 0 Å². The Morgan fingerprint density at radius 1 is 0.811 bits per heavy atom. The number of guanidine groups is 1. The van der Waals surface area contributed by atoms with Gasteiger partial charge >= 0.3 is 5.97 Å². The van der Waals surface area contributed by atoms with Crippen molar-refractivity contribution in [2.24, 2.45) is 39.8 Å². The molecule has 12 N–H and O–H groups in total. The zero-order valence-corrected chi connectivity index (χ0v) is 22.7. The van der Waals surface area contributed by atoms with Crippen LogP contribution in [-0.2, 0) is 19.2 Å². The van der Waals surface area contributed by atoms with Gasteiger partial charge < -0.3 is 44.0 Å². The molecular weight excluding hydrogens is 480 g/mol. The first-order valence-electron chi connectivity index (χ1n) is 13.0. The summed E-state index contributed by atoms with van der Waals surface area (Å²) in [6.07, 6.45) is 3.12. The van der Waals surface area contributed by atoms with Gasteiger partial charge in [-0.3, -0.25) is 19.4 Å². The maximum absolute atomic E-state index is 13.3. The highest BCUT2D eigenvalue weighted by molar-refractivity contribution is 5.94. The molecule has 0 saturated carbocycles. The van der Waals surface area contributed by atoms with E-state index in [1.165, 1.54) is 0 Å². The number of rotatable bonds is 19. The van der Waals surface area contributed by atoms with Crippen LogP contribution in [0.4, 0.5) is 0 Å². The molecule has 0 spiro atoms. The van der Waals surface area contributed by atoms with Crippen LogP contribution in [-0.4, -0.2) is 72.0 Å². The average molecular weight is 529 g/mol. The summed E-state index contributed by atoms with van der Waals surface area (Å²) >= 11 is 0. The molecule has 0 aliphatic heterocycles. The monoisotopic (exact) mass is 528 g/mol. The second-order valence-electron chi connectivity index (χ2n) is 9.48. The second kappa shape index (κ2) is 18.3. The minimum absolute atomic E-state index is 0.0815. The number of aliphatic imine (C=N–C) groups is 1. The third-order valence-corrected chi connectivity index (χ3v) is 6.49. The summed E-state index contributed by atoms with van der Waals surface area (Å²) in [6.45, 7) is 8.09. The van der Waals surface area contributed by atoms with Gasteiger partial charge in [-0.2, -0.15) is 0 Å². The fourth-order valence-corrected chi connectivity index (χ4v) is 3.52. The fourth-order valence-electron chi connectivity index (χ4n) is 3.52. The number of unbranched alkanes of at least 4 members (excludes halogenated alkanes) is 1. The number of hydrogen-bond donors (Lipinski definition) is 8. The standard InChI is InChI=1S/C24H48N8O5/c1-5-14(3)18(26)21(34)32-19(15(4)6-2)22(35)30-16(11-9-13-29-24(27)28)20(33)31-17(23(36)37)10-7-8-12-25/h14-19H,5-13,25-26H2,1-4H3,(H,30,35)(H,31,33)(H,32,34)(H,36,37)(H4,27,28,29). The third-order valence-electron chi connectivity index (χ3n) is 6.49. The summed E-state index contributed by atoms with van der Waals surface area (Å²) in [6, 6.07) is -3.91. The molecular formula is C24H48N8O5. The Morgan fingerprint density at radius 2 is 1.38 bits per heavy atom. The molecule has 3 amide bonds. The molecule has 0 aromatic heterocycles. The molecule has 6 atom stereocenters. The van der Waals surface area contributed by atoms with Gasteiger partial charge in [0, 0.05) is 6.54 Å². The molecule has 13 nitrogen and oxygen atoms in total. The number of nitrogens with zero attached hydrogens (tertiary/aromatic N) is 1. The van der Waals surface area contributed by atoms with Gasteiger partial charge in [-0.25, -0.2) is 4.79 Å². The molecule has 0 fully saturated rings. The van der Waals surface area contributed by atoms with E-state index in [9.17, 15) is 24.3 Å². The quantitative estimate of drug-likeness (QED) is 0.0589. The second-order valence-corrected chi connectivity index (χ2v) is 9.48. The number of hydrogen-bond acceptors (Lipinski definition) is 7. The Morgan fingerprint density at radius 3 is 1.89 bits per heavy atom. The first-order chi connectivity index (χ1) is 17.4. The van der Waals surface area contributed by atoms with Gasteiger partial charge in [-0.05, 0) is 50.5 Å². The Hall–Kier alpha value is -2.93. The fraction of sp³-hybridized carbons (Fsp3) is 0.792. The molecule has 0 aliphatic carbocycles. The summed E-state index contributed by atoms with van der Waals surface area (Å²) in [5.41, 5.74) is 22.2. The number of aliphatic carboxylic acids is 1. The molecule has 0 saturated heterocycles. The molecule has 37 heavy (non-hydrogen) atoms. The smallest absolute Gasteiger partial charge is 0.326 e. The van der Waals surface area contributed by atoms with E-state index in [-0.39, 0.29) is 37.2 Å². The molecule has 214 valence electrons. The minimum atomic E-state index is -1.18. The van der Waals surface area contributed by atoms with Crippen molar-refractivity contribution in [2.75, 3.05) is 13.1 Å². The van der Waals surface area contributed by atoms with Crippen molar-refractivity contribution in [3.05, 3.63) is 0 Å². The zero-order valence-electron chi connectivity index (χ0n) is 22.7. The Bertz CT molecular complexity index is 759. The number of nitrogens with two attached hydrogens (primary N) is 4. The first kappa shape index (κ1) is 34.1. The molecule has 0 heterocycles. The molecule has 0 radical (unpaired) electrons. The Balaban J connectivity index is 5.68. The lowest BCUT2D eigenvalue weighted by Crippen LogP contribution is -2.59. The van der Waals surface area contributed by atoms with E-state index in [1.807, 2.05) is 27.7 Å². The van der Waals surface area contributed by atoms with Gasteiger partial charge in [0.05, 0.1) is 6.04 Å². The number of carbonyl (C=O) groups is 4. The van der Waals surface area contributed by atoms with E-state index in [0.717, 1.165) is 0 Å². The van der Waals surface area contributed by atoms with Gasteiger partial charge in [-0.15, -0.1) is 0 Å². The van der Waals surface area contributed by atoms with E-state index in [4.69, 9.17) is 22.9 Å². The van der Waals surface area contributed by atoms with Gasteiger partial charge in [-0.1, -0.05) is 40.5 Å². The van der Waals surface area contributed by atoms with Gasteiger partial charge in [0.25, 0.3) is 0 Å². The van der Waals surface area contributed by atoms with E-state index < -0.39 is 47.9 Å². The number of carboxylic acid groups (broad SMARTS) is 1. The van der Waals surface area contributed by atoms with Crippen molar-refractivity contribution in [3.63, 3.8) is 0 Å². The molecule has 13 heteroatoms. The number of carbonyl (C=O) groups excluding carboxylic acids is 3. The summed E-state index contributed by atoms with van der Waals surface area (Å²) < 4.78 is 0. The molecule has 0 rings (SSSR count). The molecule has 0 aromatic carbocycles. The average Bonchev–Trinajstić information content (AvgIpc) is 2.86. The Kier molecular flexibility index (Phi) is 16.9. The number of carboxylic acids is 1. The molecule has 0 aliphatic rings. The van der Waals surface area contributed by atoms with Crippen LogP contribution in [0.25, 0.3) is 0 Å². The van der Waals surface area contributed by atoms with Crippen molar-refractivity contribution in [3.8, 4) is 0 Å². The Labute approximate surface area is 219 Å². The SMILES string of the molecule is CCC(C)C(N)C(=O)NC(C(=O)NC(CCCN=C(N)N)C(=O)NC(CCCCN)C(=O)O)C(C)CC. The number of amides is 3. The molecule has 0 bridgehead atoms. The lowest BCUT2D eigenvalue weighted by atomic mass is 9.95.